The van der Waals surface area contributed by atoms with Crippen molar-refractivity contribution in [3.63, 3.8) is 0 Å². The van der Waals surface area contributed by atoms with E-state index in [4.69, 9.17) is 11.6 Å². The predicted octanol–water partition coefficient (Wildman–Crippen LogP) is 5.28. The van der Waals surface area contributed by atoms with Crippen LogP contribution in [0.3, 0.4) is 0 Å². The second-order valence-corrected chi connectivity index (χ2v) is 12.3. The molecule has 0 aliphatic carbocycles. The highest BCUT2D eigenvalue weighted by Crippen LogP contribution is 2.23. The molecular weight excluding hydrogens is 546 g/mol. The lowest BCUT2D eigenvalue weighted by molar-refractivity contribution is -0.141. The van der Waals surface area contributed by atoms with Crippen molar-refractivity contribution < 1.29 is 18.0 Å². The molecule has 3 rings (SSSR count). The third-order valence-electron chi connectivity index (χ3n) is 6.79. The number of carbonyl (C=O) groups excluding carboxylic acids is 2. The summed E-state index contributed by atoms with van der Waals surface area (Å²) in [5.41, 5.74) is 4.36. The van der Waals surface area contributed by atoms with Gasteiger partial charge in [0.25, 0.3) is 0 Å². The van der Waals surface area contributed by atoms with Crippen LogP contribution in [0, 0.1) is 13.8 Å². The number of hydrogen-bond acceptors (Lipinski definition) is 4. The molecule has 0 aliphatic heterocycles. The van der Waals surface area contributed by atoms with E-state index in [-0.39, 0.29) is 31.3 Å². The first-order chi connectivity index (χ1) is 19.0. The zero-order valence-electron chi connectivity index (χ0n) is 23.6. The highest BCUT2D eigenvalue weighted by Gasteiger charge is 2.30. The number of rotatable bonds is 13. The molecule has 3 aromatic rings. The van der Waals surface area contributed by atoms with E-state index in [0.29, 0.717) is 30.1 Å². The van der Waals surface area contributed by atoms with Crippen LogP contribution in [0.25, 0.3) is 0 Å². The predicted molar refractivity (Wildman–Crippen MR) is 162 cm³/mol. The Kier molecular flexibility index (Phi) is 11.2. The van der Waals surface area contributed by atoms with Crippen molar-refractivity contribution in [2.75, 3.05) is 23.7 Å². The number of nitrogens with zero attached hydrogens (tertiary/aromatic N) is 2. The van der Waals surface area contributed by atoms with Crippen molar-refractivity contribution in [2.24, 2.45) is 0 Å². The molecule has 0 bridgehead atoms. The summed E-state index contributed by atoms with van der Waals surface area (Å²) in [7, 11) is -3.57. The van der Waals surface area contributed by atoms with Crippen molar-refractivity contribution in [3.8, 4) is 0 Å². The molecule has 1 unspecified atom stereocenters. The molecule has 0 saturated carbocycles. The minimum atomic E-state index is -3.57. The molecule has 0 aliphatic rings. The molecule has 9 heteroatoms. The molecule has 0 spiro atoms. The number of anilines is 1. The van der Waals surface area contributed by atoms with Crippen LogP contribution in [0.5, 0.6) is 0 Å². The Morgan fingerprint density at radius 2 is 1.62 bits per heavy atom. The Morgan fingerprint density at radius 3 is 2.25 bits per heavy atom. The molecule has 40 heavy (non-hydrogen) atoms. The van der Waals surface area contributed by atoms with E-state index in [1.807, 2.05) is 75.4 Å². The molecule has 2 amide bonds. The summed E-state index contributed by atoms with van der Waals surface area (Å²) in [5, 5.41) is 3.42. The highest BCUT2D eigenvalue weighted by molar-refractivity contribution is 7.92. The van der Waals surface area contributed by atoms with E-state index in [9.17, 15) is 18.0 Å². The smallest absolute Gasteiger partial charge is 0.243 e. The molecule has 7 nitrogen and oxygen atoms in total. The van der Waals surface area contributed by atoms with Crippen LogP contribution in [0.1, 0.15) is 42.0 Å². The minimum Gasteiger partial charge on any atom is -0.355 e. The zero-order chi connectivity index (χ0) is 29.3. The first-order valence-electron chi connectivity index (χ1n) is 13.4. The molecule has 0 heterocycles. The van der Waals surface area contributed by atoms with E-state index >= 15 is 0 Å². The standard InChI is InChI=1S/C31H38ClN3O4S/c1-5-33-31(37)29(21-25-11-7-6-8-12-25)34(22-26-13-9-14-27(32)20-26)30(36)15-10-18-35(40(4,38)39)28-17-16-23(2)24(3)19-28/h6-9,11-14,16-17,19-20,29H,5,10,15,18,21-22H2,1-4H3,(H,33,37). The van der Waals surface area contributed by atoms with Crippen LogP contribution in [0.4, 0.5) is 5.69 Å². The number of halogens is 1. The number of benzene rings is 3. The second-order valence-electron chi connectivity index (χ2n) is 9.96. The number of amides is 2. The Hall–Kier alpha value is -3.36. The third-order valence-corrected chi connectivity index (χ3v) is 8.22. The fraction of sp³-hybridized carbons (Fsp3) is 0.355. The summed E-state index contributed by atoms with van der Waals surface area (Å²) in [4.78, 5) is 28.7. The zero-order valence-corrected chi connectivity index (χ0v) is 25.1. The topological polar surface area (TPSA) is 86.8 Å². The molecule has 0 fully saturated rings. The van der Waals surface area contributed by atoms with Gasteiger partial charge >= 0.3 is 0 Å². The second kappa shape index (κ2) is 14.3. The van der Waals surface area contributed by atoms with Gasteiger partial charge in [0.05, 0.1) is 11.9 Å². The molecule has 0 radical (unpaired) electrons. The molecule has 1 N–H and O–H groups in total. The Labute approximate surface area is 243 Å². The summed E-state index contributed by atoms with van der Waals surface area (Å²) in [6.45, 7) is 6.52. The van der Waals surface area contributed by atoms with Gasteiger partial charge in [-0.25, -0.2) is 8.42 Å². The van der Waals surface area contributed by atoms with E-state index in [0.717, 1.165) is 22.3 Å². The van der Waals surface area contributed by atoms with Gasteiger partial charge < -0.3 is 10.2 Å². The Morgan fingerprint density at radius 1 is 0.925 bits per heavy atom. The lowest BCUT2D eigenvalue weighted by atomic mass is 10.0. The van der Waals surface area contributed by atoms with Crippen LogP contribution in [-0.2, 0) is 32.6 Å². The van der Waals surface area contributed by atoms with Gasteiger partial charge in [-0.15, -0.1) is 0 Å². The normalized spacial score (nSPS) is 12.0. The number of hydrogen-bond donors (Lipinski definition) is 1. The van der Waals surface area contributed by atoms with Gasteiger partial charge in [0.1, 0.15) is 6.04 Å². The van der Waals surface area contributed by atoms with Gasteiger partial charge in [-0.1, -0.05) is 60.1 Å². The number of sulfonamides is 1. The Balaban J connectivity index is 1.87. The van der Waals surface area contributed by atoms with Gasteiger partial charge in [0.2, 0.25) is 21.8 Å². The van der Waals surface area contributed by atoms with Crippen LogP contribution >= 0.6 is 11.6 Å². The average molecular weight is 584 g/mol. The van der Waals surface area contributed by atoms with Crippen molar-refractivity contribution in [1.29, 1.82) is 0 Å². The van der Waals surface area contributed by atoms with E-state index in [2.05, 4.69) is 5.32 Å². The fourth-order valence-electron chi connectivity index (χ4n) is 4.56. The average Bonchev–Trinajstić information content (AvgIpc) is 2.90. The maximum Gasteiger partial charge on any atom is 0.243 e. The quantitative estimate of drug-likeness (QED) is 0.297. The number of likely N-dealkylation sites (N-methyl/N-ethyl adjacent to an activating group) is 1. The van der Waals surface area contributed by atoms with Gasteiger partial charge in [-0.3, -0.25) is 13.9 Å². The number of aryl methyl sites for hydroxylation is 2. The minimum absolute atomic E-state index is 0.0716. The maximum absolute atomic E-state index is 13.8. The van der Waals surface area contributed by atoms with E-state index in [1.54, 1.807) is 23.1 Å². The van der Waals surface area contributed by atoms with Crippen LogP contribution < -0.4 is 9.62 Å². The summed E-state index contributed by atoms with van der Waals surface area (Å²) in [6.07, 6.45) is 1.87. The first-order valence-corrected chi connectivity index (χ1v) is 15.6. The van der Waals surface area contributed by atoms with Crippen molar-refractivity contribution in [2.45, 2.75) is 52.6 Å². The van der Waals surface area contributed by atoms with Crippen molar-refractivity contribution in [1.82, 2.24) is 10.2 Å². The molecule has 3 aromatic carbocycles. The highest BCUT2D eigenvalue weighted by atomic mass is 35.5. The lowest BCUT2D eigenvalue weighted by Gasteiger charge is -2.32. The fourth-order valence-corrected chi connectivity index (χ4v) is 5.73. The Bertz CT molecular complexity index is 1410. The molecule has 0 aromatic heterocycles. The van der Waals surface area contributed by atoms with Crippen LogP contribution in [-0.4, -0.2) is 50.5 Å². The van der Waals surface area contributed by atoms with E-state index in [1.165, 1.54) is 10.6 Å². The SMILES string of the molecule is CCNC(=O)C(Cc1ccccc1)N(Cc1cccc(Cl)c1)C(=O)CCCN(c1ccc(C)c(C)c1)S(C)(=O)=O. The summed E-state index contributed by atoms with van der Waals surface area (Å²) < 4.78 is 26.6. The summed E-state index contributed by atoms with van der Waals surface area (Å²) in [5.74, 6) is -0.477. The summed E-state index contributed by atoms with van der Waals surface area (Å²) in [6, 6.07) is 21.6. The molecule has 1 atom stereocenters. The molecule has 214 valence electrons. The molecular formula is C31H38ClN3O4S. The number of nitrogens with one attached hydrogen (secondary N) is 1. The third kappa shape index (κ3) is 8.83. The van der Waals surface area contributed by atoms with Gasteiger partial charge in [-0.05, 0) is 73.7 Å². The lowest BCUT2D eigenvalue weighted by Crippen LogP contribution is -2.50. The van der Waals surface area contributed by atoms with Gasteiger partial charge in [0.15, 0.2) is 0 Å². The van der Waals surface area contributed by atoms with E-state index < -0.39 is 16.1 Å². The van der Waals surface area contributed by atoms with Crippen LogP contribution in [0.15, 0.2) is 72.8 Å². The van der Waals surface area contributed by atoms with Crippen molar-refractivity contribution >= 4 is 39.1 Å². The van der Waals surface area contributed by atoms with Gasteiger partial charge in [0, 0.05) is 37.5 Å². The van der Waals surface area contributed by atoms with Gasteiger partial charge in [-0.2, -0.15) is 0 Å². The van der Waals surface area contributed by atoms with Crippen molar-refractivity contribution in [3.05, 3.63) is 100 Å². The number of carbonyl (C=O) groups is 2. The van der Waals surface area contributed by atoms with Crippen LogP contribution in [0.2, 0.25) is 5.02 Å². The molecule has 0 saturated heterocycles. The first kappa shape index (κ1) is 31.2. The maximum atomic E-state index is 13.8. The monoisotopic (exact) mass is 583 g/mol. The largest absolute Gasteiger partial charge is 0.355 e. The summed E-state index contributed by atoms with van der Waals surface area (Å²) >= 11 is 6.22.